The van der Waals surface area contributed by atoms with Crippen molar-refractivity contribution in [3.05, 3.63) is 34.4 Å². The molecule has 19 heavy (non-hydrogen) atoms. The molecular weight excluding hydrogens is 230 g/mol. The zero-order valence-corrected chi connectivity index (χ0v) is 13.0. The molecule has 0 aromatic heterocycles. The molecule has 2 N–H and O–H groups in total. The van der Waals surface area contributed by atoms with Crippen molar-refractivity contribution in [2.24, 2.45) is 17.6 Å². The van der Waals surface area contributed by atoms with Gasteiger partial charge in [0.05, 0.1) is 0 Å². The molecule has 1 aliphatic rings. The van der Waals surface area contributed by atoms with Gasteiger partial charge in [-0.2, -0.15) is 0 Å². The smallest absolute Gasteiger partial charge is 0.0328 e. The fraction of sp³-hybridized carbons (Fsp3) is 0.667. The zero-order valence-electron chi connectivity index (χ0n) is 13.0. The Morgan fingerprint density at radius 1 is 1.05 bits per heavy atom. The van der Waals surface area contributed by atoms with Crippen molar-refractivity contribution < 1.29 is 0 Å². The van der Waals surface area contributed by atoms with Crippen molar-refractivity contribution in [3.8, 4) is 0 Å². The minimum atomic E-state index is 0.235. The van der Waals surface area contributed by atoms with Crippen LogP contribution in [0.25, 0.3) is 0 Å². The van der Waals surface area contributed by atoms with Crippen LogP contribution in [0, 0.1) is 32.6 Å². The van der Waals surface area contributed by atoms with Gasteiger partial charge >= 0.3 is 0 Å². The summed E-state index contributed by atoms with van der Waals surface area (Å²) in [5.74, 6) is 1.63. The van der Waals surface area contributed by atoms with E-state index in [1.165, 1.54) is 54.4 Å². The van der Waals surface area contributed by atoms with Crippen LogP contribution in [0.2, 0.25) is 0 Å². The summed E-state index contributed by atoms with van der Waals surface area (Å²) < 4.78 is 0. The average molecular weight is 259 g/mol. The molecule has 1 aliphatic carbocycles. The number of hydrogen-bond donors (Lipinski definition) is 1. The maximum Gasteiger partial charge on any atom is 0.0328 e. The summed E-state index contributed by atoms with van der Waals surface area (Å²) in [7, 11) is 0. The Morgan fingerprint density at radius 2 is 1.58 bits per heavy atom. The van der Waals surface area contributed by atoms with Gasteiger partial charge in [-0.1, -0.05) is 43.9 Å². The highest BCUT2D eigenvalue weighted by atomic mass is 14.7. The Hall–Kier alpha value is -0.820. The maximum atomic E-state index is 6.61. The predicted octanol–water partition coefficient (Wildman–Crippen LogP) is 4.83. The molecule has 0 aliphatic heterocycles. The molecule has 1 heteroatoms. The largest absolute Gasteiger partial charge is 0.324 e. The lowest BCUT2D eigenvalue weighted by molar-refractivity contribution is 0.239. The SMILES string of the molecule is CCC1CCC(C(N)c2c(C)cc(C)cc2C)CC1. The number of nitrogens with two attached hydrogens (primary N) is 1. The Morgan fingerprint density at radius 3 is 2.05 bits per heavy atom. The molecule has 1 aromatic carbocycles. The van der Waals surface area contributed by atoms with E-state index in [0.29, 0.717) is 5.92 Å². The van der Waals surface area contributed by atoms with E-state index in [4.69, 9.17) is 5.73 Å². The summed E-state index contributed by atoms with van der Waals surface area (Å²) in [5, 5.41) is 0. The fourth-order valence-corrected chi connectivity index (χ4v) is 3.91. The molecule has 1 fully saturated rings. The Bertz CT molecular complexity index is 404. The Balaban J connectivity index is 2.14. The quantitative estimate of drug-likeness (QED) is 0.826. The van der Waals surface area contributed by atoms with Crippen LogP contribution in [0.15, 0.2) is 12.1 Å². The summed E-state index contributed by atoms with van der Waals surface area (Å²) in [4.78, 5) is 0. The van der Waals surface area contributed by atoms with Crippen LogP contribution in [-0.2, 0) is 0 Å². The fourth-order valence-electron chi connectivity index (χ4n) is 3.91. The number of aryl methyl sites for hydroxylation is 3. The summed E-state index contributed by atoms with van der Waals surface area (Å²) in [6, 6.07) is 4.79. The highest BCUT2D eigenvalue weighted by Crippen LogP contribution is 2.38. The molecule has 0 saturated heterocycles. The molecule has 0 heterocycles. The molecule has 1 aromatic rings. The Labute approximate surface area is 118 Å². The lowest BCUT2D eigenvalue weighted by Gasteiger charge is -2.33. The van der Waals surface area contributed by atoms with Crippen molar-refractivity contribution in [3.63, 3.8) is 0 Å². The molecule has 106 valence electrons. The van der Waals surface area contributed by atoms with Gasteiger partial charge in [0.2, 0.25) is 0 Å². The van der Waals surface area contributed by atoms with E-state index in [9.17, 15) is 0 Å². The summed E-state index contributed by atoms with van der Waals surface area (Å²) >= 11 is 0. The minimum absolute atomic E-state index is 0.235. The zero-order chi connectivity index (χ0) is 14.0. The van der Waals surface area contributed by atoms with E-state index in [-0.39, 0.29) is 6.04 Å². The van der Waals surface area contributed by atoms with E-state index in [1.54, 1.807) is 0 Å². The van der Waals surface area contributed by atoms with Crippen LogP contribution in [0.5, 0.6) is 0 Å². The van der Waals surface area contributed by atoms with Gasteiger partial charge in [0.1, 0.15) is 0 Å². The number of hydrogen-bond acceptors (Lipinski definition) is 1. The van der Waals surface area contributed by atoms with Gasteiger partial charge in [0.25, 0.3) is 0 Å². The molecule has 2 rings (SSSR count). The number of benzene rings is 1. The third-order valence-corrected chi connectivity index (χ3v) is 5.05. The van der Waals surface area contributed by atoms with Crippen LogP contribution >= 0.6 is 0 Å². The highest BCUT2D eigenvalue weighted by Gasteiger charge is 2.27. The second kappa shape index (κ2) is 6.09. The van der Waals surface area contributed by atoms with Crippen molar-refractivity contribution in [2.75, 3.05) is 0 Å². The van der Waals surface area contributed by atoms with Crippen molar-refractivity contribution in [2.45, 2.75) is 65.8 Å². The first-order chi connectivity index (χ1) is 9.02. The van der Waals surface area contributed by atoms with Gasteiger partial charge < -0.3 is 5.73 Å². The van der Waals surface area contributed by atoms with E-state index in [2.05, 4.69) is 39.8 Å². The van der Waals surface area contributed by atoms with E-state index in [0.717, 1.165) is 5.92 Å². The normalized spacial score (nSPS) is 25.3. The molecule has 1 unspecified atom stereocenters. The topological polar surface area (TPSA) is 26.0 Å². The van der Waals surface area contributed by atoms with Crippen molar-refractivity contribution in [1.29, 1.82) is 0 Å². The molecule has 0 bridgehead atoms. The van der Waals surface area contributed by atoms with Crippen LogP contribution in [-0.4, -0.2) is 0 Å². The van der Waals surface area contributed by atoms with Crippen molar-refractivity contribution >= 4 is 0 Å². The van der Waals surface area contributed by atoms with Crippen LogP contribution < -0.4 is 5.73 Å². The maximum absolute atomic E-state index is 6.61. The second-order valence-corrected chi connectivity index (χ2v) is 6.53. The van der Waals surface area contributed by atoms with Gasteiger partial charge in [-0.25, -0.2) is 0 Å². The summed E-state index contributed by atoms with van der Waals surface area (Å²) in [6.07, 6.45) is 6.71. The van der Waals surface area contributed by atoms with Crippen LogP contribution in [0.3, 0.4) is 0 Å². The standard InChI is InChI=1S/C18H29N/c1-5-15-6-8-16(9-7-15)18(19)17-13(3)10-12(2)11-14(17)4/h10-11,15-16,18H,5-9,19H2,1-4H3. The predicted molar refractivity (Wildman–Crippen MR) is 83.3 cm³/mol. The monoisotopic (exact) mass is 259 g/mol. The molecule has 1 nitrogen and oxygen atoms in total. The second-order valence-electron chi connectivity index (χ2n) is 6.53. The third-order valence-electron chi connectivity index (χ3n) is 5.05. The molecular formula is C18H29N. The van der Waals surface area contributed by atoms with E-state index in [1.807, 2.05) is 0 Å². The first-order valence-electron chi connectivity index (χ1n) is 7.86. The lowest BCUT2D eigenvalue weighted by Crippen LogP contribution is -2.27. The van der Waals surface area contributed by atoms with Crippen molar-refractivity contribution in [1.82, 2.24) is 0 Å². The van der Waals surface area contributed by atoms with E-state index < -0.39 is 0 Å². The molecule has 0 spiro atoms. The average Bonchev–Trinajstić information content (AvgIpc) is 2.37. The first kappa shape index (κ1) is 14.6. The molecule has 1 atom stereocenters. The van der Waals surface area contributed by atoms with Gasteiger partial charge in [-0.15, -0.1) is 0 Å². The lowest BCUT2D eigenvalue weighted by atomic mass is 9.75. The van der Waals surface area contributed by atoms with Gasteiger partial charge in [-0.3, -0.25) is 0 Å². The van der Waals surface area contributed by atoms with Crippen LogP contribution in [0.4, 0.5) is 0 Å². The molecule has 0 amide bonds. The Kier molecular flexibility index (Phi) is 4.67. The van der Waals surface area contributed by atoms with E-state index >= 15 is 0 Å². The van der Waals surface area contributed by atoms with Gasteiger partial charge in [-0.05, 0) is 62.1 Å². The first-order valence-corrected chi connectivity index (χ1v) is 7.86. The highest BCUT2D eigenvalue weighted by molar-refractivity contribution is 5.39. The van der Waals surface area contributed by atoms with Crippen LogP contribution in [0.1, 0.15) is 67.3 Å². The molecule has 1 saturated carbocycles. The van der Waals surface area contributed by atoms with Gasteiger partial charge in [0, 0.05) is 6.04 Å². The summed E-state index contributed by atoms with van der Waals surface area (Å²) in [5.41, 5.74) is 12.1. The number of rotatable bonds is 3. The third kappa shape index (κ3) is 3.20. The molecule has 0 radical (unpaired) electrons. The summed E-state index contributed by atoms with van der Waals surface area (Å²) in [6.45, 7) is 8.92. The minimum Gasteiger partial charge on any atom is -0.324 e. The van der Waals surface area contributed by atoms with Gasteiger partial charge in [0.15, 0.2) is 0 Å².